The Morgan fingerprint density at radius 3 is 2.85 bits per heavy atom. The summed E-state index contributed by atoms with van der Waals surface area (Å²) in [6.07, 6.45) is 5.47. The highest BCUT2D eigenvalue weighted by Crippen LogP contribution is 2.00. The van der Waals surface area contributed by atoms with Gasteiger partial charge in [-0.15, -0.1) is 0 Å². The second kappa shape index (κ2) is 9.50. The first-order valence-corrected chi connectivity index (χ1v) is 7.20. The van der Waals surface area contributed by atoms with Crippen LogP contribution in [-0.4, -0.2) is 41.8 Å². The Morgan fingerprint density at radius 1 is 1.45 bits per heavy atom. The smallest absolute Gasteiger partial charge is 0.240 e. The van der Waals surface area contributed by atoms with Gasteiger partial charge >= 0.3 is 0 Å². The molecule has 0 aliphatic rings. The molecule has 0 spiro atoms. The van der Waals surface area contributed by atoms with Crippen LogP contribution in [-0.2, 0) is 22.6 Å². The van der Waals surface area contributed by atoms with Gasteiger partial charge in [0.1, 0.15) is 12.4 Å². The summed E-state index contributed by atoms with van der Waals surface area (Å²) in [7, 11) is 1.67. The molecule has 0 saturated heterocycles. The fourth-order valence-electron chi connectivity index (χ4n) is 1.95. The van der Waals surface area contributed by atoms with Crippen LogP contribution in [0.15, 0.2) is 12.4 Å². The number of rotatable bonds is 10. The number of carbonyl (C=O) groups is 1. The van der Waals surface area contributed by atoms with Crippen molar-refractivity contribution in [2.24, 2.45) is 0 Å². The number of imidazole rings is 1. The van der Waals surface area contributed by atoms with Crippen molar-refractivity contribution in [3.8, 4) is 0 Å². The average Bonchev–Trinajstić information content (AvgIpc) is 2.88. The minimum absolute atomic E-state index is 0.0369. The first-order chi connectivity index (χ1) is 9.71. The lowest BCUT2D eigenvalue weighted by Crippen LogP contribution is -2.36. The summed E-state index contributed by atoms with van der Waals surface area (Å²) in [6.45, 7) is 6.54. The number of aromatic nitrogens is 2. The number of nitrogens with zero attached hydrogens (tertiary/aromatic N) is 2. The van der Waals surface area contributed by atoms with Crippen molar-refractivity contribution >= 4 is 5.91 Å². The third-order valence-corrected chi connectivity index (χ3v) is 3.23. The van der Waals surface area contributed by atoms with E-state index in [0.717, 1.165) is 25.2 Å². The van der Waals surface area contributed by atoms with Crippen molar-refractivity contribution in [1.29, 1.82) is 0 Å². The SMILES string of the molecule is CCC(CC)NC(=O)Cn1ccnc1CNCCOC. The number of amides is 1. The van der Waals surface area contributed by atoms with Gasteiger partial charge in [0.15, 0.2) is 0 Å². The van der Waals surface area contributed by atoms with Crippen LogP contribution in [0, 0.1) is 0 Å². The zero-order valence-corrected chi connectivity index (χ0v) is 12.7. The number of nitrogens with one attached hydrogen (secondary N) is 2. The lowest BCUT2D eigenvalue weighted by Gasteiger charge is -2.15. The minimum atomic E-state index is 0.0369. The topological polar surface area (TPSA) is 68.2 Å². The molecule has 0 unspecified atom stereocenters. The molecule has 6 nitrogen and oxygen atoms in total. The summed E-state index contributed by atoms with van der Waals surface area (Å²) in [5.74, 6) is 0.899. The van der Waals surface area contributed by atoms with Crippen LogP contribution in [0.2, 0.25) is 0 Å². The van der Waals surface area contributed by atoms with E-state index in [0.29, 0.717) is 19.7 Å². The van der Waals surface area contributed by atoms with Gasteiger partial charge in [-0.3, -0.25) is 4.79 Å². The molecule has 6 heteroatoms. The lowest BCUT2D eigenvalue weighted by atomic mass is 10.2. The third-order valence-electron chi connectivity index (χ3n) is 3.23. The molecule has 0 fully saturated rings. The van der Waals surface area contributed by atoms with Crippen molar-refractivity contribution in [2.75, 3.05) is 20.3 Å². The zero-order valence-electron chi connectivity index (χ0n) is 12.7. The van der Waals surface area contributed by atoms with Crippen molar-refractivity contribution in [3.05, 3.63) is 18.2 Å². The molecule has 0 saturated carbocycles. The third kappa shape index (κ3) is 5.71. The predicted octanol–water partition coefficient (Wildman–Crippen LogP) is 0.924. The van der Waals surface area contributed by atoms with Crippen molar-refractivity contribution < 1.29 is 9.53 Å². The summed E-state index contributed by atoms with van der Waals surface area (Å²) in [5, 5.41) is 6.26. The van der Waals surface area contributed by atoms with Crippen LogP contribution in [0.3, 0.4) is 0 Å². The van der Waals surface area contributed by atoms with Crippen LogP contribution in [0.5, 0.6) is 0 Å². The summed E-state index contributed by atoms with van der Waals surface area (Å²) in [6, 6.07) is 0.259. The Morgan fingerprint density at radius 2 is 2.20 bits per heavy atom. The molecule has 0 atom stereocenters. The summed E-state index contributed by atoms with van der Waals surface area (Å²) in [4.78, 5) is 16.2. The van der Waals surface area contributed by atoms with E-state index in [1.54, 1.807) is 13.3 Å². The van der Waals surface area contributed by atoms with Crippen molar-refractivity contribution in [1.82, 2.24) is 20.2 Å². The quantitative estimate of drug-likeness (QED) is 0.626. The Labute approximate surface area is 120 Å². The normalized spacial score (nSPS) is 11.0. The monoisotopic (exact) mass is 282 g/mol. The van der Waals surface area contributed by atoms with Gasteiger partial charge in [0.2, 0.25) is 5.91 Å². The Kier molecular flexibility index (Phi) is 7.91. The van der Waals surface area contributed by atoms with Gasteiger partial charge in [-0.25, -0.2) is 4.98 Å². The Hall–Kier alpha value is -1.40. The lowest BCUT2D eigenvalue weighted by molar-refractivity contribution is -0.122. The molecular formula is C14H26N4O2. The van der Waals surface area contributed by atoms with Crippen molar-refractivity contribution in [2.45, 2.75) is 45.8 Å². The molecule has 20 heavy (non-hydrogen) atoms. The second-order valence-electron chi connectivity index (χ2n) is 4.72. The van der Waals surface area contributed by atoms with Crippen LogP contribution in [0.4, 0.5) is 0 Å². The zero-order chi connectivity index (χ0) is 14.8. The molecule has 114 valence electrons. The van der Waals surface area contributed by atoms with Gasteiger partial charge in [0.05, 0.1) is 13.2 Å². The first kappa shape index (κ1) is 16.7. The molecule has 1 aromatic rings. The number of ether oxygens (including phenoxy) is 1. The molecule has 1 aromatic heterocycles. The second-order valence-corrected chi connectivity index (χ2v) is 4.72. The van der Waals surface area contributed by atoms with Gasteiger partial charge < -0.3 is 19.9 Å². The largest absolute Gasteiger partial charge is 0.383 e. The van der Waals surface area contributed by atoms with Crippen LogP contribution >= 0.6 is 0 Å². The molecule has 0 bridgehead atoms. The average molecular weight is 282 g/mol. The van der Waals surface area contributed by atoms with Crippen LogP contribution < -0.4 is 10.6 Å². The highest BCUT2D eigenvalue weighted by molar-refractivity contribution is 5.76. The van der Waals surface area contributed by atoms with E-state index in [-0.39, 0.29) is 11.9 Å². The highest BCUT2D eigenvalue weighted by atomic mass is 16.5. The molecule has 1 amide bonds. The first-order valence-electron chi connectivity index (χ1n) is 7.20. The number of carbonyl (C=O) groups excluding carboxylic acids is 1. The number of methoxy groups -OCH3 is 1. The van der Waals surface area contributed by atoms with Gasteiger partial charge in [-0.1, -0.05) is 13.8 Å². The number of hydrogen-bond acceptors (Lipinski definition) is 4. The van der Waals surface area contributed by atoms with Gasteiger partial charge in [-0.05, 0) is 12.8 Å². The van der Waals surface area contributed by atoms with Gasteiger partial charge in [0, 0.05) is 32.1 Å². The maximum Gasteiger partial charge on any atom is 0.240 e. The molecular weight excluding hydrogens is 256 g/mol. The molecule has 2 N–H and O–H groups in total. The van der Waals surface area contributed by atoms with E-state index in [1.165, 1.54) is 0 Å². The maximum absolute atomic E-state index is 12.0. The molecule has 1 heterocycles. The minimum Gasteiger partial charge on any atom is -0.383 e. The van der Waals surface area contributed by atoms with E-state index < -0.39 is 0 Å². The fourth-order valence-corrected chi connectivity index (χ4v) is 1.95. The Balaban J connectivity index is 2.43. The van der Waals surface area contributed by atoms with Crippen molar-refractivity contribution in [3.63, 3.8) is 0 Å². The standard InChI is InChI=1S/C14H26N4O2/c1-4-12(5-2)17-14(19)11-18-8-6-16-13(18)10-15-7-9-20-3/h6,8,12,15H,4-5,7,9-11H2,1-3H3,(H,17,19). The number of hydrogen-bond donors (Lipinski definition) is 2. The molecule has 0 aliphatic carbocycles. The summed E-state index contributed by atoms with van der Waals surface area (Å²) < 4.78 is 6.84. The predicted molar refractivity (Wildman–Crippen MR) is 78.3 cm³/mol. The summed E-state index contributed by atoms with van der Waals surface area (Å²) in [5.41, 5.74) is 0. The van der Waals surface area contributed by atoms with E-state index in [9.17, 15) is 4.79 Å². The maximum atomic E-state index is 12.0. The van der Waals surface area contributed by atoms with E-state index in [4.69, 9.17) is 4.74 Å². The van der Waals surface area contributed by atoms with Gasteiger partial charge in [-0.2, -0.15) is 0 Å². The summed E-state index contributed by atoms with van der Waals surface area (Å²) >= 11 is 0. The van der Waals surface area contributed by atoms with E-state index in [2.05, 4.69) is 29.5 Å². The molecule has 0 aliphatic heterocycles. The van der Waals surface area contributed by atoms with Crippen LogP contribution in [0.25, 0.3) is 0 Å². The van der Waals surface area contributed by atoms with Gasteiger partial charge in [0.25, 0.3) is 0 Å². The fraction of sp³-hybridized carbons (Fsp3) is 0.714. The molecule has 0 radical (unpaired) electrons. The Bertz CT molecular complexity index is 388. The van der Waals surface area contributed by atoms with E-state index >= 15 is 0 Å². The van der Waals surface area contributed by atoms with E-state index in [1.807, 2.05) is 10.8 Å². The molecule has 0 aromatic carbocycles. The molecule has 1 rings (SSSR count). The van der Waals surface area contributed by atoms with Crippen LogP contribution in [0.1, 0.15) is 32.5 Å². The highest BCUT2D eigenvalue weighted by Gasteiger charge is 2.10.